The van der Waals surface area contributed by atoms with Gasteiger partial charge in [-0.1, -0.05) is 127 Å². The van der Waals surface area contributed by atoms with E-state index in [1.165, 1.54) is 49.6 Å². The number of nitrogens with one attached hydrogen (secondary N) is 9. The molecule has 10 heterocycles. The van der Waals surface area contributed by atoms with Gasteiger partial charge < -0.3 is 104 Å². The van der Waals surface area contributed by atoms with Gasteiger partial charge in [-0.2, -0.15) is 0 Å². The molecule has 12 unspecified atom stereocenters. The van der Waals surface area contributed by atoms with Crippen molar-refractivity contribution in [2.45, 2.75) is 114 Å². The van der Waals surface area contributed by atoms with Crippen molar-refractivity contribution in [3.8, 4) is 17.2 Å². The maximum atomic E-state index is 14.3. The van der Waals surface area contributed by atoms with Crippen LogP contribution in [0.15, 0.2) is 202 Å². The first-order chi connectivity index (χ1) is 65.6. The second-order valence-corrected chi connectivity index (χ2v) is 30.9. The number of rotatable bonds is 26. The zero-order chi connectivity index (χ0) is 94.3. The van der Waals surface area contributed by atoms with Crippen molar-refractivity contribution in [2.24, 2.45) is 11.8 Å². The smallest absolute Gasteiger partial charge is 0.412 e. The van der Waals surface area contributed by atoms with E-state index in [4.69, 9.17) is 47.4 Å². The minimum atomic E-state index is -1.46. The number of imidazole rings is 3. The number of fused-ring (bicyclic) bond motifs is 6. The van der Waals surface area contributed by atoms with Gasteiger partial charge in [0, 0.05) is 56.7 Å². The lowest BCUT2D eigenvalue weighted by Crippen LogP contribution is -2.40. The Bertz CT molecular complexity index is 6420. The Morgan fingerprint density at radius 2 is 0.785 bits per heavy atom. The van der Waals surface area contributed by atoms with E-state index in [2.05, 4.69) is 92.7 Å². The molecule has 43 nitrogen and oxygen atoms in total. The number of carboxylic acid groups (broad SMARTS) is 3. The van der Waals surface area contributed by atoms with Crippen LogP contribution in [0, 0.1) is 23.5 Å². The van der Waals surface area contributed by atoms with E-state index >= 15 is 0 Å². The minimum absolute atomic E-state index is 0.0530. The maximum absolute atomic E-state index is 14.3. The zero-order valence-electron chi connectivity index (χ0n) is 71.7. The van der Waals surface area contributed by atoms with E-state index in [0.717, 1.165) is 41.0 Å². The lowest BCUT2D eigenvalue weighted by Gasteiger charge is -2.21. The Balaban J connectivity index is 0.000000147. The summed E-state index contributed by atoms with van der Waals surface area (Å²) in [6, 6.07) is 39.3. The highest BCUT2D eigenvalue weighted by Gasteiger charge is 2.56. The number of aromatic carboxylic acids is 3. The fourth-order valence-electron chi connectivity index (χ4n) is 16.4. The minimum Gasteiger partial charge on any atom is -0.478 e. The fraction of sp³-hybridized carbons (Fsp3) is 0.289. The Morgan fingerprint density at radius 3 is 1.23 bits per heavy atom. The number of hydrogen-bond acceptors (Lipinski definition) is 28. The molecule has 12 N–H and O–H groups in total. The first-order valence-electron chi connectivity index (χ1n) is 42.6. The molecule has 4 saturated heterocycles. The number of carboxylic acids is 3. The van der Waals surface area contributed by atoms with Crippen LogP contribution in [0.2, 0.25) is 0 Å². The molecule has 6 fully saturated rings. The largest absolute Gasteiger partial charge is 0.478 e. The molecule has 0 radical (unpaired) electrons. The molecule has 15 atom stereocenters. The van der Waals surface area contributed by atoms with Gasteiger partial charge in [-0.15, -0.1) is 0 Å². The third-order valence-corrected chi connectivity index (χ3v) is 22.3. The molecular formula is C90H87F2N21O22. The molecule has 6 aliphatic rings. The number of hydrogen-bond donors (Lipinski definition) is 12. The van der Waals surface area contributed by atoms with Crippen molar-refractivity contribution in [1.29, 1.82) is 0 Å². The van der Waals surface area contributed by atoms with Gasteiger partial charge in [0.1, 0.15) is 71.9 Å². The van der Waals surface area contributed by atoms with Gasteiger partial charge in [-0.25, -0.2) is 96.8 Å². The molecule has 0 spiro atoms. The topological polar surface area (TPSA) is 546 Å². The van der Waals surface area contributed by atoms with Crippen LogP contribution in [0.1, 0.15) is 106 Å². The van der Waals surface area contributed by atoms with E-state index in [1.54, 1.807) is 49.3 Å². The van der Waals surface area contributed by atoms with Crippen molar-refractivity contribution in [2.75, 3.05) is 55.2 Å². The molecule has 135 heavy (non-hydrogen) atoms. The second kappa shape index (κ2) is 42.1. The summed E-state index contributed by atoms with van der Waals surface area (Å²) in [6.07, 6.45) is 7.32. The van der Waals surface area contributed by atoms with Crippen molar-refractivity contribution in [1.82, 2.24) is 90.5 Å². The van der Waals surface area contributed by atoms with E-state index < -0.39 is 156 Å². The van der Waals surface area contributed by atoms with Crippen molar-refractivity contribution < 1.29 is 115 Å². The van der Waals surface area contributed by atoms with E-state index in [-0.39, 0.29) is 72.3 Å². The number of urea groups is 3. The van der Waals surface area contributed by atoms with Crippen LogP contribution in [0.3, 0.4) is 0 Å². The molecule has 698 valence electrons. The predicted molar refractivity (Wildman–Crippen MR) is 471 cm³/mol. The highest BCUT2D eigenvalue weighted by atomic mass is 19.1. The molecule has 0 bridgehead atoms. The number of aromatic nitrogens is 12. The molecule has 9 amide bonds. The molecule has 2 aliphatic carbocycles. The number of amides is 9. The monoisotopic (exact) mass is 1850 g/mol. The lowest BCUT2D eigenvalue weighted by molar-refractivity contribution is -0.146. The number of para-hydroxylation sites is 3. The van der Waals surface area contributed by atoms with Crippen LogP contribution in [-0.2, 0) is 33.2 Å². The number of carbonyl (C=O) groups excluding carboxylic acids is 6. The van der Waals surface area contributed by atoms with E-state index in [1.807, 2.05) is 125 Å². The first kappa shape index (κ1) is 92.3. The quantitative estimate of drug-likeness (QED) is 0.0240. The predicted octanol–water partition coefficient (Wildman–Crippen LogP) is 10.8. The van der Waals surface area contributed by atoms with Crippen LogP contribution in [0.5, 0.6) is 17.2 Å². The van der Waals surface area contributed by atoms with Gasteiger partial charge in [0.15, 0.2) is 99.2 Å². The lowest BCUT2D eigenvalue weighted by atomic mass is 10.1. The molecule has 6 aromatic carbocycles. The van der Waals surface area contributed by atoms with E-state index in [0.29, 0.717) is 66.0 Å². The van der Waals surface area contributed by atoms with Crippen LogP contribution in [0.4, 0.5) is 55.0 Å². The number of halogens is 2. The molecule has 2 saturated carbocycles. The summed E-state index contributed by atoms with van der Waals surface area (Å²) in [5.41, 5.74) is 4.03. The van der Waals surface area contributed by atoms with Gasteiger partial charge in [0.25, 0.3) is 0 Å². The van der Waals surface area contributed by atoms with Crippen LogP contribution < -0.4 is 62.1 Å². The summed E-state index contributed by atoms with van der Waals surface area (Å²) in [4.78, 5) is 148. The van der Waals surface area contributed by atoms with Gasteiger partial charge in [0.05, 0.1) is 43.3 Å². The Kier molecular flexibility index (Phi) is 28.8. The van der Waals surface area contributed by atoms with Crippen LogP contribution in [-0.4, -0.2) is 223 Å². The van der Waals surface area contributed by atoms with Gasteiger partial charge in [-0.05, 0) is 93.3 Å². The summed E-state index contributed by atoms with van der Waals surface area (Å²) in [5, 5.41) is 52.0. The normalized spacial score (nSPS) is 22.2. The van der Waals surface area contributed by atoms with E-state index in [9.17, 15) is 67.3 Å². The number of carbonyl (C=O) groups is 9. The highest BCUT2D eigenvalue weighted by Crippen LogP contribution is 2.49. The number of benzene rings is 6. The van der Waals surface area contributed by atoms with Gasteiger partial charge in [0.2, 0.25) is 0 Å². The molecule has 6 aromatic heterocycles. The molecule has 18 rings (SSSR count). The maximum Gasteiger partial charge on any atom is 0.412 e. The highest BCUT2D eigenvalue weighted by molar-refractivity contribution is 5.99. The molecule has 12 aromatic rings. The summed E-state index contributed by atoms with van der Waals surface area (Å²) in [7, 11) is 0. The number of anilines is 3. The Morgan fingerprint density at radius 1 is 0.400 bits per heavy atom. The third-order valence-electron chi connectivity index (χ3n) is 22.3. The molecule has 4 aliphatic heterocycles. The Labute approximate surface area is 763 Å². The molecular weight excluding hydrogens is 1770 g/mol. The summed E-state index contributed by atoms with van der Waals surface area (Å²) >= 11 is 0. The average molecular weight is 1850 g/mol. The SMILES string of the molecule is CCNC(=O)Nc1ncnc2c1ncn2C1CC(CNC(=O)Oc2c(F)cccc2C(=O)O)C2O[C@H](/C=C/c3ccccc3)OC21.CCNC(=O)Nc1ncnc2c1ncn2C1CC(CNC(=O)Oc2ccccc2C(=O)O)C2O[C@H](/C=C/c3ccccc3)OC21.CCNC(=O)Nc1ncnc2c1ncn2C1OC(CNC(=O)Oc2c(F)cccc2C(=O)O)C2O[C@H](c3ccccc3)OC21. The first-order valence-corrected chi connectivity index (χ1v) is 42.6. The van der Waals surface area contributed by atoms with Crippen molar-refractivity contribution >= 4 is 117 Å². The van der Waals surface area contributed by atoms with Crippen molar-refractivity contribution in [3.63, 3.8) is 0 Å². The van der Waals surface area contributed by atoms with Gasteiger partial charge in [-0.3, -0.25) is 20.5 Å². The zero-order valence-corrected chi connectivity index (χ0v) is 71.7. The standard InChI is InChI=1S/C31H30FN7O7.C31H31N7O7.C28H26FN7O8/c1-2-33-30(42)38-27-23-28(36-15-35-27)39(16-37-23)21-13-18(14-34-31(43)46-25-19(29(40)41)9-6-10-20(25)32)24-26(21)45-22(44-24)12-11-17-7-4-3-5-8-17;1-2-32-30(41)37-27-24-28(35-16-34-27)38(17-36-24)21-14-19(15-33-31(42)43-22-11-7-6-10-20(22)29(39)40)25-26(21)45-23(44-25)13-12-18-8-4-3-5-9-18;1-2-30-27(39)35-22-18-23(33-12-32-22)36(13-34-18)24-21-20(42-26(43-21)14-7-4-3-5-8-14)17(41-24)11-31-28(40)44-19-15(25(37)38)9-6-10-16(19)29/h3-12,15-16,18,21-22,24,26H,2,13-14H2,1H3,(H,34,43)(H,40,41)(H2,33,35,36,38,42);3-13,16-17,19,21,23,25-26H,2,14-15H2,1H3,(H,33,42)(H,39,40)(H2,32,34,35,37,41);3-10,12-13,17,20-21,24,26H,2,11H2,1H3,(H,31,40)(H,37,38)(H2,30,32,33,35,39)/b12-11+;13-12+;/t18?,21?,22-,24?,26?;19?,21?,23-,25?,26?;17?,20?,21?,24?,26-/m000/s1. The second-order valence-electron chi connectivity index (χ2n) is 30.9. The number of ether oxygens (including phenoxy) is 10. The van der Waals surface area contributed by atoms with Crippen LogP contribution >= 0.6 is 0 Å². The summed E-state index contributed by atoms with van der Waals surface area (Å²) in [5.74, 6) is -7.34. The third kappa shape index (κ3) is 21.2. The summed E-state index contributed by atoms with van der Waals surface area (Å²) in [6.45, 7) is 6.75. The molecule has 45 heteroatoms. The average Bonchev–Trinajstić information content (AvgIpc) is 1.60. The summed E-state index contributed by atoms with van der Waals surface area (Å²) < 4.78 is 93.6. The Hall–Kier alpha value is -15.9. The fourth-order valence-corrected chi connectivity index (χ4v) is 16.4. The van der Waals surface area contributed by atoms with Crippen LogP contribution in [0.25, 0.3) is 45.6 Å². The van der Waals surface area contributed by atoms with Gasteiger partial charge >= 0.3 is 54.3 Å². The number of nitrogens with zero attached hydrogens (tertiary/aromatic N) is 12. The van der Waals surface area contributed by atoms with Crippen molar-refractivity contribution in [3.05, 3.63) is 247 Å².